The fourth-order valence-electron chi connectivity index (χ4n) is 1.44. The number of rotatable bonds is 3. The average molecular weight is 215 g/mol. The van der Waals surface area contributed by atoms with Crippen molar-refractivity contribution in [3.63, 3.8) is 0 Å². The van der Waals surface area contributed by atoms with Gasteiger partial charge in [-0.2, -0.15) is 0 Å². The van der Waals surface area contributed by atoms with Crippen LogP contribution >= 0.6 is 0 Å². The molecule has 82 valence electrons. The molecule has 0 fully saturated rings. The van der Waals surface area contributed by atoms with E-state index in [0.717, 1.165) is 16.9 Å². The van der Waals surface area contributed by atoms with E-state index in [1.54, 1.807) is 18.5 Å². The van der Waals surface area contributed by atoms with Crippen molar-refractivity contribution in [2.24, 2.45) is 0 Å². The minimum Gasteiger partial charge on any atom is -0.455 e. The van der Waals surface area contributed by atoms with Crippen LogP contribution in [0.1, 0.15) is 11.1 Å². The fraction of sp³-hybridized carbons (Fsp3) is 0.154. The van der Waals surface area contributed by atoms with Gasteiger partial charge in [0.2, 0.25) is 0 Å². The number of ether oxygens (including phenoxy) is 1. The molecule has 16 heavy (non-hydrogen) atoms. The maximum absolute atomic E-state index is 9.14. The van der Waals surface area contributed by atoms with Gasteiger partial charge in [-0.1, -0.05) is 12.1 Å². The smallest absolute Gasteiger partial charge is 0.151 e. The number of aryl methyl sites for hydroxylation is 1. The quantitative estimate of drug-likeness (QED) is 0.855. The van der Waals surface area contributed by atoms with Crippen molar-refractivity contribution in [2.45, 2.75) is 13.5 Å². The van der Waals surface area contributed by atoms with Gasteiger partial charge < -0.3 is 9.84 Å². The van der Waals surface area contributed by atoms with Crippen LogP contribution in [0.15, 0.2) is 42.7 Å². The zero-order valence-electron chi connectivity index (χ0n) is 9.05. The summed E-state index contributed by atoms with van der Waals surface area (Å²) in [6.07, 6.45) is 3.24. The lowest BCUT2D eigenvalue weighted by Crippen LogP contribution is -1.92. The van der Waals surface area contributed by atoms with Crippen molar-refractivity contribution in [2.75, 3.05) is 0 Å². The molecular formula is C13H13NO2. The number of pyridine rings is 1. The number of hydrogen-bond donors (Lipinski definition) is 1. The monoisotopic (exact) mass is 215 g/mol. The molecule has 1 aromatic heterocycles. The van der Waals surface area contributed by atoms with Crippen molar-refractivity contribution in [3.05, 3.63) is 53.9 Å². The predicted octanol–water partition coefficient (Wildman–Crippen LogP) is 2.67. The Balaban J connectivity index is 2.26. The lowest BCUT2D eigenvalue weighted by molar-refractivity contribution is 0.276. The predicted molar refractivity (Wildman–Crippen MR) is 61.4 cm³/mol. The summed E-state index contributed by atoms with van der Waals surface area (Å²) < 4.78 is 5.66. The van der Waals surface area contributed by atoms with Crippen LogP contribution in [-0.4, -0.2) is 10.1 Å². The highest BCUT2D eigenvalue weighted by atomic mass is 16.5. The van der Waals surface area contributed by atoms with Gasteiger partial charge in [0, 0.05) is 11.8 Å². The molecular weight excluding hydrogens is 202 g/mol. The first kappa shape index (κ1) is 10.6. The molecule has 2 rings (SSSR count). The van der Waals surface area contributed by atoms with Gasteiger partial charge in [-0.15, -0.1) is 0 Å². The molecule has 0 atom stereocenters. The third kappa shape index (κ3) is 2.38. The van der Waals surface area contributed by atoms with E-state index in [9.17, 15) is 0 Å². The zero-order valence-corrected chi connectivity index (χ0v) is 9.05. The van der Waals surface area contributed by atoms with Crippen molar-refractivity contribution in [1.29, 1.82) is 0 Å². The second-order valence-electron chi connectivity index (χ2n) is 3.56. The third-order valence-electron chi connectivity index (χ3n) is 2.26. The second kappa shape index (κ2) is 4.77. The fourth-order valence-corrected chi connectivity index (χ4v) is 1.44. The van der Waals surface area contributed by atoms with E-state index in [2.05, 4.69) is 4.98 Å². The van der Waals surface area contributed by atoms with E-state index in [-0.39, 0.29) is 6.61 Å². The van der Waals surface area contributed by atoms with Gasteiger partial charge in [0.1, 0.15) is 5.75 Å². The molecule has 0 saturated carbocycles. The Morgan fingerprint density at radius 2 is 2.19 bits per heavy atom. The minimum absolute atomic E-state index is 0.0519. The van der Waals surface area contributed by atoms with Crippen LogP contribution < -0.4 is 4.74 Å². The van der Waals surface area contributed by atoms with Crippen molar-refractivity contribution < 1.29 is 9.84 Å². The first-order valence-corrected chi connectivity index (χ1v) is 5.08. The topological polar surface area (TPSA) is 42.4 Å². The summed E-state index contributed by atoms with van der Waals surface area (Å²) in [5.74, 6) is 1.35. The molecule has 3 heteroatoms. The van der Waals surface area contributed by atoms with Crippen LogP contribution in [0.25, 0.3) is 0 Å². The van der Waals surface area contributed by atoms with E-state index >= 15 is 0 Å². The van der Waals surface area contributed by atoms with E-state index in [1.165, 1.54) is 0 Å². The van der Waals surface area contributed by atoms with Crippen LogP contribution in [-0.2, 0) is 6.61 Å². The summed E-state index contributed by atoms with van der Waals surface area (Å²) in [5.41, 5.74) is 1.86. The summed E-state index contributed by atoms with van der Waals surface area (Å²) in [7, 11) is 0. The van der Waals surface area contributed by atoms with E-state index in [1.807, 2.05) is 31.2 Å². The molecule has 1 heterocycles. The number of nitrogens with zero attached hydrogens (tertiary/aromatic N) is 1. The SMILES string of the molecule is Cc1cccc(Oc2cnccc2CO)c1. The molecule has 0 unspecified atom stereocenters. The van der Waals surface area contributed by atoms with Crippen LogP contribution in [0.5, 0.6) is 11.5 Å². The largest absolute Gasteiger partial charge is 0.455 e. The third-order valence-corrected chi connectivity index (χ3v) is 2.26. The molecule has 1 N–H and O–H groups in total. The Morgan fingerprint density at radius 1 is 1.31 bits per heavy atom. The molecule has 0 aliphatic carbocycles. The second-order valence-corrected chi connectivity index (χ2v) is 3.56. The van der Waals surface area contributed by atoms with Gasteiger partial charge in [0.25, 0.3) is 0 Å². The molecule has 0 aliphatic heterocycles. The number of aromatic nitrogens is 1. The van der Waals surface area contributed by atoms with E-state index in [4.69, 9.17) is 9.84 Å². The van der Waals surface area contributed by atoms with Crippen molar-refractivity contribution >= 4 is 0 Å². The Morgan fingerprint density at radius 3 is 2.94 bits per heavy atom. The molecule has 0 radical (unpaired) electrons. The van der Waals surface area contributed by atoms with E-state index < -0.39 is 0 Å². The van der Waals surface area contributed by atoms with Crippen LogP contribution in [0.4, 0.5) is 0 Å². The summed E-state index contributed by atoms with van der Waals surface area (Å²) in [6, 6.07) is 9.49. The molecule has 0 aliphatic rings. The molecule has 0 saturated heterocycles. The highest BCUT2D eigenvalue weighted by Gasteiger charge is 2.03. The number of aliphatic hydroxyl groups is 1. The summed E-state index contributed by atoms with van der Waals surface area (Å²) in [6.45, 7) is 1.95. The summed E-state index contributed by atoms with van der Waals surface area (Å²) in [4.78, 5) is 3.98. The van der Waals surface area contributed by atoms with Gasteiger partial charge >= 0.3 is 0 Å². The Labute approximate surface area is 94.3 Å². The normalized spacial score (nSPS) is 10.1. The first-order valence-electron chi connectivity index (χ1n) is 5.08. The Kier molecular flexibility index (Phi) is 3.17. The number of aliphatic hydroxyl groups excluding tert-OH is 1. The molecule has 3 nitrogen and oxygen atoms in total. The van der Waals surface area contributed by atoms with E-state index in [0.29, 0.717) is 5.75 Å². The highest BCUT2D eigenvalue weighted by Crippen LogP contribution is 2.24. The van der Waals surface area contributed by atoms with Gasteiger partial charge in [-0.3, -0.25) is 4.98 Å². The maximum Gasteiger partial charge on any atom is 0.151 e. The number of benzene rings is 1. The first-order chi connectivity index (χ1) is 7.79. The van der Waals surface area contributed by atoms with Crippen molar-refractivity contribution in [3.8, 4) is 11.5 Å². The van der Waals surface area contributed by atoms with Gasteiger partial charge in [0.15, 0.2) is 5.75 Å². The molecule has 1 aromatic carbocycles. The minimum atomic E-state index is -0.0519. The molecule has 0 bridgehead atoms. The van der Waals surface area contributed by atoms with Crippen LogP contribution in [0.2, 0.25) is 0 Å². The van der Waals surface area contributed by atoms with Crippen molar-refractivity contribution in [1.82, 2.24) is 4.98 Å². The van der Waals surface area contributed by atoms with Gasteiger partial charge in [-0.25, -0.2) is 0 Å². The maximum atomic E-state index is 9.14. The number of hydrogen-bond acceptors (Lipinski definition) is 3. The zero-order chi connectivity index (χ0) is 11.4. The van der Waals surface area contributed by atoms with Gasteiger partial charge in [-0.05, 0) is 30.7 Å². The molecule has 2 aromatic rings. The lowest BCUT2D eigenvalue weighted by atomic mass is 10.2. The lowest BCUT2D eigenvalue weighted by Gasteiger charge is -2.09. The summed E-state index contributed by atoms with van der Waals surface area (Å²) >= 11 is 0. The van der Waals surface area contributed by atoms with Crippen LogP contribution in [0.3, 0.4) is 0 Å². The Hall–Kier alpha value is -1.87. The highest BCUT2D eigenvalue weighted by molar-refractivity contribution is 5.36. The van der Waals surface area contributed by atoms with Crippen LogP contribution in [0, 0.1) is 6.92 Å². The van der Waals surface area contributed by atoms with Gasteiger partial charge in [0.05, 0.1) is 12.8 Å². The molecule has 0 amide bonds. The Bertz CT molecular complexity index is 483. The average Bonchev–Trinajstić information content (AvgIpc) is 2.30. The molecule has 0 spiro atoms. The standard InChI is InChI=1S/C13H13NO2/c1-10-3-2-4-12(7-10)16-13-8-14-6-5-11(13)9-15/h2-8,15H,9H2,1H3. The summed E-state index contributed by atoms with van der Waals surface area (Å²) in [5, 5.41) is 9.14.